The molecule has 3 heteroatoms. The average Bonchev–Trinajstić information content (AvgIpc) is 2.46. The van der Waals surface area contributed by atoms with Crippen LogP contribution in [0.1, 0.15) is 6.92 Å². The van der Waals surface area contributed by atoms with Gasteiger partial charge in [-0.25, -0.2) is 0 Å². The molecule has 0 radical (unpaired) electrons. The summed E-state index contributed by atoms with van der Waals surface area (Å²) in [5.74, 6) is 0.608. The minimum atomic E-state index is 0.00213. The molecule has 0 saturated heterocycles. The second-order valence-electron chi connectivity index (χ2n) is 4.63. The molecular formula is C16H15NO2. The lowest BCUT2D eigenvalue weighted by Gasteiger charge is -2.15. The molecule has 0 atom stereocenters. The van der Waals surface area contributed by atoms with Crippen molar-refractivity contribution in [1.29, 1.82) is 0 Å². The van der Waals surface area contributed by atoms with E-state index in [2.05, 4.69) is 0 Å². The molecule has 19 heavy (non-hydrogen) atoms. The molecule has 0 bridgehead atoms. The Morgan fingerprint density at radius 2 is 1.89 bits per heavy atom. The normalized spacial score (nSPS) is 11.1. The Balaban J connectivity index is 2.43. The van der Waals surface area contributed by atoms with Gasteiger partial charge in [-0.3, -0.25) is 4.79 Å². The molecule has 2 aromatic carbocycles. The summed E-state index contributed by atoms with van der Waals surface area (Å²) in [6.07, 6.45) is 0. The zero-order valence-corrected chi connectivity index (χ0v) is 11.0. The topological polar surface area (TPSA) is 33.5 Å². The lowest BCUT2D eigenvalue weighted by Crippen LogP contribution is -2.17. The Morgan fingerprint density at radius 3 is 2.68 bits per heavy atom. The fourth-order valence-electron chi connectivity index (χ4n) is 2.21. The van der Waals surface area contributed by atoms with Crippen molar-refractivity contribution >= 4 is 27.6 Å². The third-order valence-corrected chi connectivity index (χ3v) is 3.46. The maximum absolute atomic E-state index is 12.2. The molecule has 0 saturated carbocycles. The predicted octanol–water partition coefficient (Wildman–Crippen LogP) is 3.40. The van der Waals surface area contributed by atoms with Crippen molar-refractivity contribution in [1.82, 2.24) is 0 Å². The second kappa shape index (κ2) is 4.43. The maximum atomic E-state index is 12.2. The number of hydrogen-bond donors (Lipinski definition) is 0. The van der Waals surface area contributed by atoms with Crippen LogP contribution in [-0.2, 0) is 0 Å². The first-order valence-corrected chi connectivity index (χ1v) is 6.37. The van der Waals surface area contributed by atoms with Crippen molar-refractivity contribution in [2.45, 2.75) is 6.92 Å². The van der Waals surface area contributed by atoms with E-state index in [1.807, 2.05) is 55.3 Å². The second-order valence-corrected chi connectivity index (χ2v) is 4.63. The first kappa shape index (κ1) is 11.8. The summed E-state index contributed by atoms with van der Waals surface area (Å²) in [4.78, 5) is 14.1. The van der Waals surface area contributed by atoms with Crippen molar-refractivity contribution < 1.29 is 4.42 Å². The van der Waals surface area contributed by atoms with Gasteiger partial charge in [-0.2, -0.15) is 0 Å². The van der Waals surface area contributed by atoms with Crippen LogP contribution in [0.25, 0.3) is 21.7 Å². The highest BCUT2D eigenvalue weighted by Crippen LogP contribution is 2.26. The van der Waals surface area contributed by atoms with E-state index in [9.17, 15) is 4.79 Å². The van der Waals surface area contributed by atoms with Gasteiger partial charge in [0.1, 0.15) is 5.58 Å². The van der Waals surface area contributed by atoms with Gasteiger partial charge in [0.25, 0.3) is 0 Å². The van der Waals surface area contributed by atoms with E-state index in [-0.39, 0.29) is 5.43 Å². The first-order chi connectivity index (χ1) is 9.20. The van der Waals surface area contributed by atoms with Crippen LogP contribution in [0.4, 0.5) is 5.88 Å². The molecule has 0 spiro atoms. The van der Waals surface area contributed by atoms with Crippen LogP contribution in [0.3, 0.4) is 0 Å². The van der Waals surface area contributed by atoms with Crippen LogP contribution in [-0.4, -0.2) is 13.6 Å². The standard InChI is InChI=1S/C16H15NO2/c1-3-17(2)15-10-14(18)13-9-8-11-6-4-5-7-12(11)16(13)19-15/h4-10H,3H2,1-2H3. The van der Waals surface area contributed by atoms with Gasteiger partial charge < -0.3 is 9.32 Å². The van der Waals surface area contributed by atoms with Gasteiger partial charge >= 0.3 is 0 Å². The lowest BCUT2D eigenvalue weighted by molar-refractivity contribution is 0.592. The Kier molecular flexibility index (Phi) is 2.75. The third-order valence-electron chi connectivity index (χ3n) is 3.46. The van der Waals surface area contributed by atoms with Gasteiger partial charge in [0, 0.05) is 25.0 Å². The van der Waals surface area contributed by atoms with Crippen LogP contribution in [0.15, 0.2) is 51.7 Å². The molecule has 3 aromatic rings. The number of fused-ring (bicyclic) bond motifs is 3. The SMILES string of the molecule is CCN(C)c1cc(=O)c2ccc3ccccc3c2o1. The van der Waals surface area contributed by atoms with E-state index >= 15 is 0 Å². The minimum absolute atomic E-state index is 0.00213. The van der Waals surface area contributed by atoms with Crippen LogP contribution < -0.4 is 10.3 Å². The molecule has 3 nitrogen and oxygen atoms in total. The highest BCUT2D eigenvalue weighted by atomic mass is 16.4. The molecule has 3 rings (SSSR count). The summed E-state index contributed by atoms with van der Waals surface area (Å²) < 4.78 is 5.93. The number of anilines is 1. The van der Waals surface area contributed by atoms with E-state index in [1.165, 1.54) is 0 Å². The molecule has 1 heterocycles. The van der Waals surface area contributed by atoms with Gasteiger partial charge in [0.2, 0.25) is 0 Å². The molecule has 96 valence electrons. The van der Waals surface area contributed by atoms with Crippen molar-refractivity contribution in [2.24, 2.45) is 0 Å². The quantitative estimate of drug-likeness (QED) is 0.656. The Hall–Kier alpha value is -2.29. The van der Waals surface area contributed by atoms with E-state index < -0.39 is 0 Å². The van der Waals surface area contributed by atoms with E-state index in [1.54, 1.807) is 6.07 Å². The Labute approximate surface area is 111 Å². The fourth-order valence-corrected chi connectivity index (χ4v) is 2.21. The van der Waals surface area contributed by atoms with Crippen LogP contribution in [0, 0.1) is 0 Å². The van der Waals surface area contributed by atoms with Crippen molar-refractivity contribution in [3.63, 3.8) is 0 Å². The smallest absolute Gasteiger partial charge is 0.199 e. The summed E-state index contributed by atoms with van der Waals surface area (Å²) in [5, 5.41) is 2.69. The van der Waals surface area contributed by atoms with Crippen molar-refractivity contribution in [2.75, 3.05) is 18.5 Å². The number of nitrogens with zero attached hydrogens (tertiary/aromatic N) is 1. The van der Waals surface area contributed by atoms with Gasteiger partial charge in [-0.05, 0) is 18.4 Å². The molecule has 0 N–H and O–H groups in total. The molecule has 0 aliphatic rings. The van der Waals surface area contributed by atoms with Gasteiger partial charge in [0.15, 0.2) is 11.3 Å². The summed E-state index contributed by atoms with van der Waals surface area (Å²) in [6, 6.07) is 13.3. The molecule has 0 fully saturated rings. The van der Waals surface area contributed by atoms with Gasteiger partial charge in [-0.1, -0.05) is 30.3 Å². The first-order valence-electron chi connectivity index (χ1n) is 6.37. The lowest BCUT2D eigenvalue weighted by atomic mass is 10.1. The van der Waals surface area contributed by atoms with E-state index in [0.29, 0.717) is 16.9 Å². The summed E-state index contributed by atoms with van der Waals surface area (Å²) in [6.45, 7) is 2.81. The number of hydrogen-bond acceptors (Lipinski definition) is 3. The molecule has 1 aromatic heterocycles. The van der Waals surface area contributed by atoms with Crippen LogP contribution in [0.5, 0.6) is 0 Å². The Morgan fingerprint density at radius 1 is 1.11 bits per heavy atom. The van der Waals surface area contributed by atoms with Gasteiger partial charge in [0.05, 0.1) is 5.39 Å². The van der Waals surface area contributed by atoms with Crippen molar-refractivity contribution in [3.8, 4) is 0 Å². The summed E-state index contributed by atoms with van der Waals surface area (Å²) in [5.41, 5.74) is 0.670. The Bertz CT molecular complexity index is 805. The highest BCUT2D eigenvalue weighted by Gasteiger charge is 2.10. The third kappa shape index (κ3) is 1.87. The fraction of sp³-hybridized carbons (Fsp3) is 0.188. The molecule has 0 aliphatic heterocycles. The monoisotopic (exact) mass is 253 g/mol. The number of rotatable bonds is 2. The van der Waals surface area contributed by atoms with Gasteiger partial charge in [-0.15, -0.1) is 0 Å². The zero-order chi connectivity index (χ0) is 13.4. The molecule has 0 amide bonds. The van der Waals surface area contributed by atoms with E-state index in [4.69, 9.17) is 4.42 Å². The summed E-state index contributed by atoms with van der Waals surface area (Å²) >= 11 is 0. The summed E-state index contributed by atoms with van der Waals surface area (Å²) in [7, 11) is 1.91. The molecule has 0 aliphatic carbocycles. The van der Waals surface area contributed by atoms with Crippen LogP contribution in [0.2, 0.25) is 0 Å². The van der Waals surface area contributed by atoms with E-state index in [0.717, 1.165) is 17.3 Å². The average molecular weight is 253 g/mol. The molecular weight excluding hydrogens is 238 g/mol. The minimum Gasteiger partial charge on any atom is -0.440 e. The molecule has 0 unspecified atom stereocenters. The largest absolute Gasteiger partial charge is 0.440 e. The highest BCUT2D eigenvalue weighted by molar-refractivity contribution is 6.04. The van der Waals surface area contributed by atoms with Crippen molar-refractivity contribution in [3.05, 3.63) is 52.7 Å². The van der Waals surface area contributed by atoms with Crippen LogP contribution >= 0.6 is 0 Å². The maximum Gasteiger partial charge on any atom is 0.199 e. The zero-order valence-electron chi connectivity index (χ0n) is 11.0. The number of benzene rings is 2. The predicted molar refractivity (Wildman–Crippen MR) is 78.9 cm³/mol.